The van der Waals surface area contributed by atoms with Crippen LogP contribution in [0.2, 0.25) is 0 Å². The molecule has 0 bridgehead atoms. The molecule has 0 aromatic carbocycles. The molecular weight excluding hydrogens is 712 g/mol. The van der Waals surface area contributed by atoms with Crippen LogP contribution in [0.25, 0.3) is 0 Å². The van der Waals surface area contributed by atoms with Crippen LogP contribution < -0.4 is 0 Å². The molecule has 0 atom stereocenters. The monoisotopic (exact) mass is 762 g/mol. The first-order valence-corrected chi connectivity index (χ1v) is 15.4. The van der Waals surface area contributed by atoms with Gasteiger partial charge in [0.2, 0.25) is 0 Å². The number of hydrogen-bond donors (Lipinski definition) is 8. The summed E-state index contributed by atoms with van der Waals surface area (Å²) in [4.78, 5) is 76.3. The fourth-order valence-corrected chi connectivity index (χ4v) is 2.81. The van der Waals surface area contributed by atoms with Crippen LogP contribution in [0.5, 0.6) is 0 Å². The van der Waals surface area contributed by atoms with E-state index in [1.807, 2.05) is 0 Å². The SMILES string of the molecule is CC(CO)(CO)C(=O)OC(C)(OC(=O)C(C)(CO)CO)C(=O)OCOCCOCOC(=O)C(C)(OC(=O)C(C)(CO)CO)OC(=O)C(C)(CO)CO. The highest BCUT2D eigenvalue weighted by molar-refractivity contribution is 5.88. The molecule has 0 aliphatic rings. The Morgan fingerprint density at radius 1 is 0.365 bits per heavy atom. The van der Waals surface area contributed by atoms with E-state index in [2.05, 4.69) is 0 Å². The highest BCUT2D eigenvalue weighted by Crippen LogP contribution is 2.29. The Morgan fingerprint density at radius 3 is 0.731 bits per heavy atom. The van der Waals surface area contributed by atoms with E-state index in [1.165, 1.54) is 0 Å². The van der Waals surface area contributed by atoms with Gasteiger partial charge in [0.25, 0.3) is 0 Å². The lowest BCUT2D eigenvalue weighted by Crippen LogP contribution is -2.52. The first-order chi connectivity index (χ1) is 24.0. The van der Waals surface area contributed by atoms with E-state index in [-0.39, 0.29) is 13.2 Å². The molecule has 0 unspecified atom stereocenters. The van der Waals surface area contributed by atoms with Crippen LogP contribution in [-0.4, -0.2) is 168 Å². The molecule has 0 heterocycles. The fourth-order valence-electron chi connectivity index (χ4n) is 2.81. The third-order valence-corrected chi connectivity index (χ3v) is 7.57. The number of hydrogen-bond acceptors (Lipinski definition) is 22. The van der Waals surface area contributed by atoms with E-state index >= 15 is 0 Å². The van der Waals surface area contributed by atoms with Gasteiger partial charge in [-0.15, -0.1) is 0 Å². The maximum absolute atomic E-state index is 12.9. The first-order valence-electron chi connectivity index (χ1n) is 15.4. The molecule has 302 valence electrons. The highest BCUT2D eigenvalue weighted by Gasteiger charge is 2.52. The fraction of sp³-hybridized carbons (Fsp3) is 0.800. The number of aliphatic hydroxyl groups is 8. The zero-order chi connectivity index (χ0) is 40.6. The Kier molecular flexibility index (Phi) is 19.2. The molecule has 22 heteroatoms. The van der Waals surface area contributed by atoms with Crippen molar-refractivity contribution in [1.82, 2.24) is 0 Å². The minimum absolute atomic E-state index is 0.390. The summed E-state index contributed by atoms with van der Waals surface area (Å²) < 4.78 is 39.8. The summed E-state index contributed by atoms with van der Waals surface area (Å²) in [6.45, 7) is -4.28. The number of carbonyl (C=O) groups is 6. The molecular formula is C30H50O22. The largest absolute Gasteiger partial charge is 0.433 e. The molecule has 0 amide bonds. The van der Waals surface area contributed by atoms with E-state index < -0.39 is 135 Å². The summed E-state index contributed by atoms with van der Waals surface area (Å²) in [5.41, 5.74) is -7.82. The third-order valence-electron chi connectivity index (χ3n) is 7.57. The van der Waals surface area contributed by atoms with Gasteiger partial charge in [0.15, 0.2) is 13.6 Å². The topological polar surface area (TPSA) is 338 Å². The van der Waals surface area contributed by atoms with Crippen molar-refractivity contribution in [3.63, 3.8) is 0 Å². The van der Waals surface area contributed by atoms with Gasteiger partial charge in [-0.05, 0) is 27.7 Å². The quantitative estimate of drug-likeness (QED) is 0.0188. The second-order valence-corrected chi connectivity index (χ2v) is 12.9. The smallest absolute Gasteiger partial charge is 0.394 e. The molecule has 8 N–H and O–H groups in total. The van der Waals surface area contributed by atoms with Crippen molar-refractivity contribution >= 4 is 35.8 Å². The lowest BCUT2D eigenvalue weighted by Gasteiger charge is -2.33. The van der Waals surface area contributed by atoms with Gasteiger partial charge in [0.1, 0.15) is 21.7 Å². The Morgan fingerprint density at radius 2 is 0.558 bits per heavy atom. The van der Waals surface area contributed by atoms with Crippen LogP contribution >= 0.6 is 0 Å². The van der Waals surface area contributed by atoms with Crippen molar-refractivity contribution in [3.8, 4) is 0 Å². The average Bonchev–Trinajstić information content (AvgIpc) is 3.13. The lowest BCUT2D eigenvalue weighted by molar-refractivity contribution is -0.252. The number of carbonyl (C=O) groups excluding carboxylic acids is 6. The Labute approximate surface area is 298 Å². The van der Waals surface area contributed by atoms with E-state index in [0.29, 0.717) is 0 Å². The van der Waals surface area contributed by atoms with Crippen LogP contribution in [0.15, 0.2) is 0 Å². The number of rotatable bonds is 25. The predicted molar refractivity (Wildman–Crippen MR) is 164 cm³/mol. The Hall–Kier alpha value is -3.58. The summed E-state index contributed by atoms with van der Waals surface area (Å²) in [5.74, 6) is -14.4. The number of ether oxygens (including phenoxy) is 8. The van der Waals surface area contributed by atoms with Crippen molar-refractivity contribution in [3.05, 3.63) is 0 Å². The Balaban J connectivity index is 5.47. The molecule has 0 spiro atoms. The summed E-state index contributed by atoms with van der Waals surface area (Å²) in [5, 5.41) is 75.9. The zero-order valence-electron chi connectivity index (χ0n) is 29.8. The molecule has 22 nitrogen and oxygen atoms in total. The summed E-state index contributed by atoms with van der Waals surface area (Å²) >= 11 is 0. The molecule has 0 rings (SSSR count). The van der Waals surface area contributed by atoms with Crippen molar-refractivity contribution in [2.24, 2.45) is 21.7 Å². The summed E-state index contributed by atoms with van der Waals surface area (Å²) in [6, 6.07) is 0. The van der Waals surface area contributed by atoms with Crippen LogP contribution in [0, 0.1) is 21.7 Å². The van der Waals surface area contributed by atoms with Crippen molar-refractivity contribution in [1.29, 1.82) is 0 Å². The van der Waals surface area contributed by atoms with Crippen LogP contribution in [0.1, 0.15) is 41.5 Å². The minimum atomic E-state index is -2.88. The van der Waals surface area contributed by atoms with Gasteiger partial charge in [-0.2, -0.15) is 0 Å². The van der Waals surface area contributed by atoms with Gasteiger partial charge in [-0.3, -0.25) is 19.2 Å². The standard InChI is InChI=1S/C30H50O22/c1-25(9-31,10-32)19(39)49-29(5,50-20(40)26(2,11-33)12-34)23(43)47-17-45-7-8-46-18-48-24(44)30(6,51-21(41)27(3,13-35)14-36)52-22(42)28(4,15-37)16-38/h31-38H,7-18H2,1-6H3. The van der Waals surface area contributed by atoms with Crippen molar-refractivity contribution in [2.75, 3.05) is 79.7 Å². The summed E-state index contributed by atoms with van der Waals surface area (Å²) in [7, 11) is 0. The average molecular weight is 763 g/mol. The van der Waals surface area contributed by atoms with E-state index in [4.69, 9.17) is 37.9 Å². The van der Waals surface area contributed by atoms with Crippen molar-refractivity contribution in [2.45, 2.75) is 53.1 Å². The molecule has 0 aliphatic heterocycles. The predicted octanol–water partition coefficient (Wildman–Crippen LogP) is -4.41. The lowest BCUT2D eigenvalue weighted by atomic mass is 9.93. The number of aliphatic hydroxyl groups excluding tert-OH is 8. The zero-order valence-corrected chi connectivity index (χ0v) is 29.8. The normalized spacial score (nSPS) is 12.8. The molecule has 0 saturated heterocycles. The van der Waals surface area contributed by atoms with Gasteiger partial charge in [-0.1, -0.05) is 0 Å². The van der Waals surface area contributed by atoms with Gasteiger partial charge >= 0.3 is 47.4 Å². The van der Waals surface area contributed by atoms with Gasteiger partial charge < -0.3 is 78.7 Å². The maximum Gasteiger partial charge on any atom is 0.394 e. The van der Waals surface area contributed by atoms with E-state index in [9.17, 15) is 69.6 Å². The minimum Gasteiger partial charge on any atom is -0.433 e. The third kappa shape index (κ3) is 12.5. The highest BCUT2D eigenvalue weighted by atomic mass is 16.8. The Bertz CT molecular complexity index is 1040. The molecule has 0 radical (unpaired) electrons. The first kappa shape index (κ1) is 48.4. The molecule has 0 aliphatic carbocycles. The van der Waals surface area contributed by atoms with Crippen LogP contribution in [0.3, 0.4) is 0 Å². The molecule has 0 aromatic heterocycles. The molecule has 0 saturated carbocycles. The van der Waals surface area contributed by atoms with E-state index in [0.717, 1.165) is 41.5 Å². The van der Waals surface area contributed by atoms with Crippen LogP contribution in [0.4, 0.5) is 0 Å². The van der Waals surface area contributed by atoms with Crippen molar-refractivity contribution < 1.29 is 108 Å². The maximum atomic E-state index is 12.9. The second kappa shape index (κ2) is 20.6. The molecule has 0 aromatic rings. The summed E-state index contributed by atoms with van der Waals surface area (Å²) in [6.07, 6.45) is 0. The molecule has 0 fully saturated rings. The number of esters is 6. The van der Waals surface area contributed by atoms with Gasteiger partial charge in [-0.25, -0.2) is 9.59 Å². The molecule has 52 heavy (non-hydrogen) atoms. The van der Waals surface area contributed by atoms with E-state index in [1.54, 1.807) is 0 Å². The van der Waals surface area contributed by atoms with Gasteiger partial charge in [0, 0.05) is 13.8 Å². The van der Waals surface area contributed by atoms with Gasteiger partial charge in [0.05, 0.1) is 66.1 Å². The second-order valence-electron chi connectivity index (χ2n) is 12.9. The van der Waals surface area contributed by atoms with Crippen LogP contribution in [-0.2, 0) is 66.7 Å².